The average Bonchev–Trinajstić information content (AvgIpc) is 1.88. The standard InChI is InChI=1S/C8H7F2/c1-6-2-3-7(5-9)8(10)4-6/h2-5H,1H3. The minimum Gasteiger partial charge on any atom is -0.239 e. The van der Waals surface area contributed by atoms with E-state index >= 15 is 0 Å². The molecule has 0 aliphatic carbocycles. The van der Waals surface area contributed by atoms with Crippen molar-refractivity contribution < 1.29 is 8.78 Å². The highest BCUT2D eigenvalue weighted by Crippen LogP contribution is 2.11. The highest BCUT2D eigenvalue weighted by atomic mass is 19.1. The molecule has 0 bridgehead atoms. The fraction of sp³-hybridized carbons (Fsp3) is 0.125. The van der Waals surface area contributed by atoms with Gasteiger partial charge >= 0.3 is 0 Å². The van der Waals surface area contributed by atoms with Crippen LogP contribution in [0.1, 0.15) is 11.1 Å². The summed E-state index contributed by atoms with van der Waals surface area (Å²) in [5.74, 6) is -0.512. The topological polar surface area (TPSA) is 0 Å². The van der Waals surface area contributed by atoms with E-state index in [2.05, 4.69) is 0 Å². The van der Waals surface area contributed by atoms with Crippen LogP contribution < -0.4 is 0 Å². The summed E-state index contributed by atoms with van der Waals surface area (Å²) in [7, 11) is 0. The Balaban J connectivity index is 3.07. The first-order valence-electron chi connectivity index (χ1n) is 2.93. The first kappa shape index (κ1) is 7.19. The summed E-state index contributed by atoms with van der Waals surface area (Å²) in [5.41, 5.74) is 0.800. The third-order valence-electron chi connectivity index (χ3n) is 1.27. The lowest BCUT2D eigenvalue weighted by molar-refractivity contribution is 0.582. The molecule has 0 saturated carbocycles. The second-order valence-electron chi connectivity index (χ2n) is 2.13. The second-order valence-corrected chi connectivity index (χ2v) is 2.13. The number of benzene rings is 1. The van der Waals surface area contributed by atoms with Crippen LogP contribution in [0, 0.1) is 19.4 Å². The van der Waals surface area contributed by atoms with Crippen LogP contribution in [0.2, 0.25) is 0 Å². The summed E-state index contributed by atoms with van der Waals surface area (Å²) >= 11 is 0. The van der Waals surface area contributed by atoms with Crippen LogP contribution in [-0.4, -0.2) is 0 Å². The number of hydrogen-bond donors (Lipinski definition) is 0. The maximum atomic E-state index is 12.6. The van der Waals surface area contributed by atoms with Gasteiger partial charge in [-0.05, 0) is 18.6 Å². The summed E-state index contributed by atoms with van der Waals surface area (Å²) in [6.07, 6.45) is 0. The Kier molecular flexibility index (Phi) is 2.00. The van der Waals surface area contributed by atoms with Crippen molar-refractivity contribution in [3.8, 4) is 0 Å². The van der Waals surface area contributed by atoms with Crippen molar-refractivity contribution >= 4 is 0 Å². The van der Waals surface area contributed by atoms with Gasteiger partial charge in [0, 0.05) is 5.56 Å². The van der Waals surface area contributed by atoms with Crippen LogP contribution in [0.3, 0.4) is 0 Å². The van der Waals surface area contributed by atoms with Crippen molar-refractivity contribution in [3.05, 3.63) is 41.8 Å². The van der Waals surface area contributed by atoms with E-state index in [0.29, 0.717) is 0 Å². The van der Waals surface area contributed by atoms with Gasteiger partial charge in [0.15, 0.2) is 6.67 Å². The molecule has 0 nitrogen and oxygen atoms in total. The maximum absolute atomic E-state index is 12.6. The van der Waals surface area contributed by atoms with Gasteiger partial charge in [0.25, 0.3) is 0 Å². The monoisotopic (exact) mass is 141 g/mol. The van der Waals surface area contributed by atoms with Crippen molar-refractivity contribution in [2.24, 2.45) is 0 Å². The number of aryl methyl sites for hydroxylation is 1. The molecule has 10 heavy (non-hydrogen) atoms. The van der Waals surface area contributed by atoms with E-state index in [9.17, 15) is 8.78 Å². The zero-order valence-electron chi connectivity index (χ0n) is 5.57. The molecule has 0 aliphatic rings. The Morgan fingerprint density at radius 2 is 2.10 bits per heavy atom. The molecule has 0 saturated heterocycles. The zero-order chi connectivity index (χ0) is 7.56. The number of hydrogen-bond acceptors (Lipinski definition) is 0. The summed E-state index contributed by atoms with van der Waals surface area (Å²) in [6, 6.07) is 4.37. The largest absolute Gasteiger partial charge is 0.239 e. The van der Waals surface area contributed by atoms with Crippen molar-refractivity contribution in [3.63, 3.8) is 0 Å². The Bertz CT molecular complexity index is 231. The summed E-state index contributed by atoms with van der Waals surface area (Å²) < 4.78 is 24.3. The normalized spacial score (nSPS) is 9.90. The molecule has 0 spiro atoms. The summed E-state index contributed by atoms with van der Waals surface area (Å²) in [5, 5.41) is 0. The first-order valence-corrected chi connectivity index (χ1v) is 2.93. The Labute approximate surface area is 58.5 Å². The Morgan fingerprint density at radius 1 is 1.40 bits per heavy atom. The SMILES string of the molecule is Cc1ccc([CH]F)c(F)c1. The molecule has 1 rings (SSSR count). The lowest BCUT2D eigenvalue weighted by atomic mass is 10.1. The zero-order valence-corrected chi connectivity index (χ0v) is 5.57. The average molecular weight is 141 g/mol. The molecular formula is C8H7F2. The van der Waals surface area contributed by atoms with Crippen molar-refractivity contribution in [2.45, 2.75) is 6.92 Å². The van der Waals surface area contributed by atoms with Crippen LogP contribution in [0.5, 0.6) is 0 Å². The van der Waals surface area contributed by atoms with E-state index < -0.39 is 5.82 Å². The van der Waals surface area contributed by atoms with Gasteiger partial charge in [0.2, 0.25) is 0 Å². The predicted molar refractivity (Wildman–Crippen MR) is 35.6 cm³/mol. The van der Waals surface area contributed by atoms with E-state index in [1.807, 2.05) is 0 Å². The fourth-order valence-corrected chi connectivity index (χ4v) is 0.721. The molecule has 53 valence electrons. The molecular weight excluding hydrogens is 134 g/mol. The molecule has 0 amide bonds. The first-order chi connectivity index (χ1) is 4.74. The minimum atomic E-state index is -0.512. The quantitative estimate of drug-likeness (QED) is 0.564. The van der Waals surface area contributed by atoms with Gasteiger partial charge in [-0.25, -0.2) is 8.78 Å². The third-order valence-corrected chi connectivity index (χ3v) is 1.27. The third kappa shape index (κ3) is 1.32. The molecule has 0 heterocycles. The Morgan fingerprint density at radius 3 is 2.60 bits per heavy atom. The molecule has 0 aliphatic heterocycles. The van der Waals surface area contributed by atoms with Gasteiger partial charge in [0.05, 0.1) is 0 Å². The van der Waals surface area contributed by atoms with Crippen LogP contribution in [0.15, 0.2) is 18.2 Å². The predicted octanol–water partition coefficient (Wildman–Crippen LogP) is 2.61. The van der Waals surface area contributed by atoms with Crippen LogP contribution in [-0.2, 0) is 0 Å². The van der Waals surface area contributed by atoms with Crippen molar-refractivity contribution in [1.29, 1.82) is 0 Å². The fourth-order valence-electron chi connectivity index (χ4n) is 0.721. The van der Waals surface area contributed by atoms with Gasteiger partial charge in [0.1, 0.15) is 5.82 Å². The summed E-state index contributed by atoms with van der Waals surface area (Å²) in [6.45, 7) is 2.01. The molecule has 0 aromatic heterocycles. The van der Waals surface area contributed by atoms with E-state index in [1.54, 1.807) is 13.0 Å². The van der Waals surface area contributed by atoms with Crippen molar-refractivity contribution in [1.82, 2.24) is 0 Å². The molecule has 2 heteroatoms. The van der Waals surface area contributed by atoms with Crippen molar-refractivity contribution in [2.75, 3.05) is 0 Å². The molecule has 0 N–H and O–H groups in total. The second kappa shape index (κ2) is 2.78. The van der Waals surface area contributed by atoms with Gasteiger partial charge in [-0.1, -0.05) is 12.1 Å². The van der Waals surface area contributed by atoms with Crippen LogP contribution in [0.25, 0.3) is 0 Å². The molecule has 0 unspecified atom stereocenters. The summed E-state index contributed by atoms with van der Waals surface area (Å²) in [4.78, 5) is 0. The highest BCUT2D eigenvalue weighted by Gasteiger charge is 1.99. The smallest absolute Gasteiger partial charge is 0.163 e. The van der Waals surface area contributed by atoms with Gasteiger partial charge < -0.3 is 0 Å². The number of halogens is 2. The molecule has 1 radical (unpaired) electrons. The van der Waals surface area contributed by atoms with Gasteiger partial charge in [-0.3, -0.25) is 0 Å². The lowest BCUT2D eigenvalue weighted by Crippen LogP contribution is -1.84. The Hall–Kier alpha value is -0.920. The van der Waals surface area contributed by atoms with Crippen LogP contribution >= 0.6 is 0 Å². The lowest BCUT2D eigenvalue weighted by Gasteiger charge is -1.96. The van der Waals surface area contributed by atoms with E-state index in [1.165, 1.54) is 12.1 Å². The highest BCUT2D eigenvalue weighted by molar-refractivity contribution is 5.26. The molecule has 1 aromatic rings. The van der Waals surface area contributed by atoms with Gasteiger partial charge in [-0.2, -0.15) is 0 Å². The minimum absolute atomic E-state index is 0.00519. The molecule has 0 atom stereocenters. The molecule has 0 fully saturated rings. The van der Waals surface area contributed by atoms with E-state index in [4.69, 9.17) is 0 Å². The van der Waals surface area contributed by atoms with E-state index in [0.717, 1.165) is 5.56 Å². The van der Waals surface area contributed by atoms with Crippen LogP contribution in [0.4, 0.5) is 8.78 Å². The van der Waals surface area contributed by atoms with E-state index in [-0.39, 0.29) is 12.2 Å². The van der Waals surface area contributed by atoms with Gasteiger partial charge in [-0.15, -0.1) is 0 Å². The maximum Gasteiger partial charge on any atom is 0.163 e. The molecule has 1 aromatic carbocycles. The number of rotatable bonds is 1.